The van der Waals surface area contributed by atoms with Crippen molar-refractivity contribution < 1.29 is 9.18 Å². The Morgan fingerprint density at radius 3 is 2.44 bits per heavy atom. The fourth-order valence-electron chi connectivity index (χ4n) is 1.48. The maximum atomic E-state index is 12.7. The minimum atomic E-state index is -0.312. The summed E-state index contributed by atoms with van der Waals surface area (Å²) in [6.07, 6.45) is 0. The number of aromatic nitrogens is 3. The van der Waals surface area contributed by atoms with Gasteiger partial charge >= 0.3 is 0 Å². The van der Waals surface area contributed by atoms with Gasteiger partial charge in [-0.05, 0) is 31.2 Å². The molecule has 5 heteroatoms. The molecule has 0 fully saturated rings. The fraction of sp³-hybridized carbons (Fsp3) is 0.182. The number of ketones is 1. The average molecular weight is 219 g/mol. The van der Waals surface area contributed by atoms with Crippen LogP contribution in [0, 0.1) is 12.7 Å². The zero-order valence-corrected chi connectivity index (χ0v) is 8.94. The number of hydrogen-bond donors (Lipinski definition) is 0. The molecular weight excluding hydrogens is 209 g/mol. The molecule has 0 aliphatic rings. The zero-order chi connectivity index (χ0) is 11.7. The van der Waals surface area contributed by atoms with Gasteiger partial charge in [-0.15, -0.1) is 5.10 Å². The molecule has 0 atom stereocenters. The number of benzene rings is 1. The first kappa shape index (κ1) is 10.5. The van der Waals surface area contributed by atoms with Crippen LogP contribution in [0.15, 0.2) is 24.3 Å². The summed E-state index contributed by atoms with van der Waals surface area (Å²) in [5.41, 5.74) is 1.67. The smallest absolute Gasteiger partial charge is 0.181 e. The molecule has 0 unspecified atom stereocenters. The van der Waals surface area contributed by atoms with Gasteiger partial charge in [0, 0.05) is 6.92 Å². The van der Waals surface area contributed by atoms with Gasteiger partial charge in [0.2, 0.25) is 0 Å². The molecule has 0 N–H and O–H groups in total. The van der Waals surface area contributed by atoms with Gasteiger partial charge in [0.15, 0.2) is 11.5 Å². The fourth-order valence-corrected chi connectivity index (χ4v) is 1.48. The van der Waals surface area contributed by atoms with Crippen molar-refractivity contribution in [2.45, 2.75) is 13.8 Å². The number of Topliss-reactive ketones (excluding diaryl/α,β-unsaturated/α-hetero) is 1. The number of nitrogens with zero attached hydrogens (tertiary/aromatic N) is 3. The van der Waals surface area contributed by atoms with Crippen LogP contribution in [0.1, 0.15) is 23.1 Å². The molecule has 0 amide bonds. The summed E-state index contributed by atoms with van der Waals surface area (Å²) >= 11 is 0. The van der Waals surface area contributed by atoms with Gasteiger partial charge in [-0.1, -0.05) is 5.21 Å². The summed E-state index contributed by atoms with van der Waals surface area (Å²) in [7, 11) is 0. The maximum absolute atomic E-state index is 12.7. The Kier molecular flexibility index (Phi) is 2.52. The van der Waals surface area contributed by atoms with Crippen molar-refractivity contribution in [3.63, 3.8) is 0 Å². The molecule has 2 aromatic rings. The van der Waals surface area contributed by atoms with Crippen LogP contribution in [-0.2, 0) is 0 Å². The highest BCUT2D eigenvalue weighted by molar-refractivity contribution is 5.93. The summed E-state index contributed by atoms with van der Waals surface area (Å²) in [6, 6.07) is 5.84. The standard InChI is InChI=1S/C11H10FN3O/c1-7-11(8(2)16)13-14-15(7)10-5-3-9(12)4-6-10/h3-6H,1-2H3. The summed E-state index contributed by atoms with van der Waals surface area (Å²) in [6.45, 7) is 3.19. The lowest BCUT2D eigenvalue weighted by atomic mass is 10.2. The normalized spacial score (nSPS) is 10.4. The van der Waals surface area contributed by atoms with Crippen LogP contribution in [0.4, 0.5) is 4.39 Å². The van der Waals surface area contributed by atoms with Gasteiger partial charge < -0.3 is 0 Å². The third-order valence-electron chi connectivity index (χ3n) is 2.30. The minimum absolute atomic E-state index is 0.133. The van der Waals surface area contributed by atoms with Crippen LogP contribution in [-0.4, -0.2) is 20.8 Å². The average Bonchev–Trinajstić information content (AvgIpc) is 2.61. The monoisotopic (exact) mass is 219 g/mol. The molecule has 0 saturated carbocycles. The molecule has 1 heterocycles. The molecule has 1 aromatic carbocycles. The first-order valence-corrected chi connectivity index (χ1v) is 4.79. The predicted octanol–water partition coefficient (Wildman–Crippen LogP) is 1.92. The van der Waals surface area contributed by atoms with Crippen molar-refractivity contribution in [1.82, 2.24) is 15.0 Å². The topological polar surface area (TPSA) is 47.8 Å². The molecular formula is C11H10FN3O. The van der Waals surface area contributed by atoms with Gasteiger partial charge in [-0.2, -0.15) is 0 Å². The van der Waals surface area contributed by atoms with Crippen LogP contribution >= 0.6 is 0 Å². The summed E-state index contributed by atoms with van der Waals surface area (Å²) < 4.78 is 14.2. The largest absolute Gasteiger partial charge is 0.293 e. The molecule has 0 saturated heterocycles. The molecule has 0 aliphatic carbocycles. The number of halogens is 1. The highest BCUT2D eigenvalue weighted by atomic mass is 19.1. The second-order valence-corrected chi connectivity index (χ2v) is 3.47. The van der Waals surface area contributed by atoms with E-state index >= 15 is 0 Å². The van der Waals surface area contributed by atoms with Gasteiger partial charge in [-0.3, -0.25) is 4.79 Å². The van der Waals surface area contributed by atoms with Crippen molar-refractivity contribution in [3.8, 4) is 5.69 Å². The molecule has 0 spiro atoms. The summed E-state index contributed by atoms with van der Waals surface area (Å²) in [5.74, 6) is -0.445. The Labute approximate surface area is 91.7 Å². The van der Waals surface area contributed by atoms with E-state index in [0.717, 1.165) is 0 Å². The van der Waals surface area contributed by atoms with Gasteiger partial charge in [0.05, 0.1) is 11.4 Å². The third-order valence-corrected chi connectivity index (χ3v) is 2.30. The third kappa shape index (κ3) is 1.71. The van der Waals surface area contributed by atoms with E-state index in [9.17, 15) is 9.18 Å². The lowest BCUT2D eigenvalue weighted by Gasteiger charge is -2.02. The lowest BCUT2D eigenvalue weighted by molar-refractivity contribution is 0.101. The lowest BCUT2D eigenvalue weighted by Crippen LogP contribution is -2.01. The Morgan fingerprint density at radius 2 is 1.94 bits per heavy atom. The molecule has 0 aliphatic heterocycles. The number of hydrogen-bond acceptors (Lipinski definition) is 3. The number of rotatable bonds is 2. The Morgan fingerprint density at radius 1 is 1.31 bits per heavy atom. The second-order valence-electron chi connectivity index (χ2n) is 3.47. The van der Waals surface area contributed by atoms with Crippen LogP contribution in [0.2, 0.25) is 0 Å². The molecule has 16 heavy (non-hydrogen) atoms. The van der Waals surface area contributed by atoms with E-state index in [0.29, 0.717) is 17.1 Å². The second kappa shape index (κ2) is 3.84. The zero-order valence-electron chi connectivity index (χ0n) is 8.94. The quantitative estimate of drug-likeness (QED) is 0.725. The molecule has 0 radical (unpaired) electrons. The first-order valence-electron chi connectivity index (χ1n) is 4.79. The SMILES string of the molecule is CC(=O)c1nnn(-c2ccc(F)cc2)c1C. The molecule has 2 rings (SSSR count). The molecule has 4 nitrogen and oxygen atoms in total. The van der Waals surface area contributed by atoms with Gasteiger partial charge in [0.1, 0.15) is 5.82 Å². The van der Waals surface area contributed by atoms with Crippen molar-refractivity contribution in [2.24, 2.45) is 0 Å². The van der Waals surface area contributed by atoms with Crippen LogP contribution in [0.3, 0.4) is 0 Å². The maximum Gasteiger partial charge on any atom is 0.181 e. The van der Waals surface area contributed by atoms with Crippen LogP contribution in [0.5, 0.6) is 0 Å². The number of carbonyl (C=O) groups excluding carboxylic acids is 1. The van der Waals surface area contributed by atoms with Crippen molar-refractivity contribution in [2.75, 3.05) is 0 Å². The van der Waals surface area contributed by atoms with Gasteiger partial charge in [0.25, 0.3) is 0 Å². The van der Waals surface area contributed by atoms with Gasteiger partial charge in [-0.25, -0.2) is 9.07 Å². The van der Waals surface area contributed by atoms with Crippen LogP contribution in [0.25, 0.3) is 5.69 Å². The van der Waals surface area contributed by atoms with Crippen molar-refractivity contribution in [1.29, 1.82) is 0 Å². The highest BCUT2D eigenvalue weighted by Crippen LogP contribution is 2.12. The van der Waals surface area contributed by atoms with E-state index in [1.807, 2.05) is 0 Å². The predicted molar refractivity (Wildman–Crippen MR) is 56.1 cm³/mol. The summed E-state index contributed by atoms with van der Waals surface area (Å²) in [4.78, 5) is 11.2. The highest BCUT2D eigenvalue weighted by Gasteiger charge is 2.13. The molecule has 82 valence electrons. The van der Waals surface area contributed by atoms with E-state index < -0.39 is 0 Å². The summed E-state index contributed by atoms with van der Waals surface area (Å²) in [5, 5.41) is 7.64. The first-order chi connectivity index (χ1) is 7.59. The van der Waals surface area contributed by atoms with E-state index in [1.165, 1.54) is 23.7 Å². The molecule has 0 bridgehead atoms. The Bertz CT molecular complexity index is 531. The van der Waals surface area contributed by atoms with E-state index in [4.69, 9.17) is 0 Å². The van der Waals surface area contributed by atoms with Crippen LogP contribution < -0.4 is 0 Å². The van der Waals surface area contributed by atoms with E-state index in [1.54, 1.807) is 19.1 Å². The molecule has 1 aromatic heterocycles. The van der Waals surface area contributed by atoms with Crippen molar-refractivity contribution in [3.05, 3.63) is 41.5 Å². The number of carbonyl (C=O) groups is 1. The minimum Gasteiger partial charge on any atom is -0.293 e. The Balaban J connectivity index is 2.49. The van der Waals surface area contributed by atoms with Crippen molar-refractivity contribution >= 4 is 5.78 Å². The van der Waals surface area contributed by atoms with E-state index in [-0.39, 0.29) is 11.6 Å². The Hall–Kier alpha value is -2.04. The van der Waals surface area contributed by atoms with E-state index in [2.05, 4.69) is 10.3 Å².